The molecule has 2 aromatic carbocycles. The molecule has 2 heterocycles. The fourth-order valence-electron chi connectivity index (χ4n) is 3.51. The normalized spacial score (nSPS) is 14.0. The number of aryl methyl sites for hydroxylation is 2. The third kappa shape index (κ3) is 4.60. The topological polar surface area (TPSA) is 53.1 Å². The van der Waals surface area contributed by atoms with E-state index in [1.54, 1.807) is 0 Å². The van der Waals surface area contributed by atoms with Crippen molar-refractivity contribution >= 4 is 28.8 Å². The molecule has 0 atom stereocenters. The van der Waals surface area contributed by atoms with E-state index in [9.17, 15) is 0 Å². The number of piperidine rings is 1. The third-order valence-electron chi connectivity index (χ3n) is 5.02. The van der Waals surface area contributed by atoms with E-state index in [2.05, 4.69) is 68.8 Å². The van der Waals surface area contributed by atoms with Gasteiger partial charge in [-0.3, -0.25) is 0 Å². The summed E-state index contributed by atoms with van der Waals surface area (Å²) >= 11 is 0. The Hall–Kier alpha value is -3.08. The molecular formula is C23H27N5. The molecule has 1 saturated heterocycles. The van der Waals surface area contributed by atoms with E-state index in [1.165, 1.54) is 30.5 Å². The van der Waals surface area contributed by atoms with Crippen molar-refractivity contribution in [1.82, 2.24) is 9.97 Å². The lowest BCUT2D eigenvalue weighted by Gasteiger charge is -2.28. The summed E-state index contributed by atoms with van der Waals surface area (Å²) < 4.78 is 0. The van der Waals surface area contributed by atoms with Crippen molar-refractivity contribution in [3.63, 3.8) is 0 Å². The first-order valence-corrected chi connectivity index (χ1v) is 9.97. The molecule has 1 fully saturated rings. The smallest absolute Gasteiger partial charge is 0.229 e. The number of benzene rings is 2. The zero-order valence-electron chi connectivity index (χ0n) is 16.6. The molecule has 1 aromatic heterocycles. The lowest BCUT2D eigenvalue weighted by Crippen LogP contribution is -2.29. The minimum Gasteiger partial charge on any atom is -0.372 e. The predicted octanol–water partition coefficient (Wildman–Crippen LogP) is 5.57. The van der Waals surface area contributed by atoms with Gasteiger partial charge in [-0.15, -0.1) is 0 Å². The van der Waals surface area contributed by atoms with Crippen LogP contribution in [0.25, 0.3) is 0 Å². The Kier molecular flexibility index (Phi) is 5.42. The molecule has 1 aliphatic heterocycles. The van der Waals surface area contributed by atoms with Gasteiger partial charge in [-0.2, -0.15) is 4.98 Å². The summed E-state index contributed by atoms with van der Waals surface area (Å²) in [6.45, 7) is 6.37. The zero-order valence-corrected chi connectivity index (χ0v) is 16.6. The molecule has 0 saturated carbocycles. The molecular weight excluding hydrogens is 346 g/mol. The molecule has 0 unspecified atom stereocenters. The Morgan fingerprint density at radius 1 is 0.750 bits per heavy atom. The second-order valence-corrected chi connectivity index (χ2v) is 7.43. The Morgan fingerprint density at radius 2 is 1.39 bits per heavy atom. The van der Waals surface area contributed by atoms with Crippen molar-refractivity contribution in [2.24, 2.45) is 0 Å². The van der Waals surface area contributed by atoms with Gasteiger partial charge in [-0.1, -0.05) is 17.7 Å². The molecule has 1 aliphatic rings. The minimum atomic E-state index is 0.594. The van der Waals surface area contributed by atoms with Crippen molar-refractivity contribution in [2.45, 2.75) is 33.1 Å². The monoisotopic (exact) mass is 373 g/mol. The summed E-state index contributed by atoms with van der Waals surface area (Å²) in [6.07, 6.45) is 3.93. The highest BCUT2D eigenvalue weighted by Gasteiger charge is 2.10. The summed E-state index contributed by atoms with van der Waals surface area (Å²) in [5.74, 6) is 1.38. The van der Waals surface area contributed by atoms with Gasteiger partial charge >= 0.3 is 0 Å². The van der Waals surface area contributed by atoms with Crippen LogP contribution in [-0.4, -0.2) is 23.1 Å². The fourth-order valence-corrected chi connectivity index (χ4v) is 3.51. The number of aromatic nitrogens is 2. The molecule has 0 radical (unpaired) electrons. The molecule has 4 rings (SSSR count). The van der Waals surface area contributed by atoms with Crippen LogP contribution in [0.5, 0.6) is 0 Å². The predicted molar refractivity (Wildman–Crippen MR) is 117 cm³/mol. The first-order valence-electron chi connectivity index (χ1n) is 9.97. The zero-order chi connectivity index (χ0) is 19.3. The highest BCUT2D eigenvalue weighted by Crippen LogP contribution is 2.24. The van der Waals surface area contributed by atoms with Gasteiger partial charge in [-0.25, -0.2) is 4.98 Å². The number of nitrogens with zero attached hydrogens (tertiary/aromatic N) is 3. The Morgan fingerprint density at radius 3 is 2.11 bits per heavy atom. The lowest BCUT2D eigenvalue weighted by atomic mass is 10.1. The SMILES string of the molecule is Cc1ccc(Nc2nc(C)cc(Nc3ccc(N4CCCCC4)cc3)n2)cc1. The molecule has 0 amide bonds. The van der Waals surface area contributed by atoms with Crippen LogP contribution < -0.4 is 15.5 Å². The van der Waals surface area contributed by atoms with Crippen LogP contribution in [0.4, 0.5) is 28.8 Å². The number of nitrogens with one attached hydrogen (secondary N) is 2. The summed E-state index contributed by atoms with van der Waals surface area (Å²) in [5, 5.41) is 6.68. The van der Waals surface area contributed by atoms with Crippen molar-refractivity contribution < 1.29 is 0 Å². The van der Waals surface area contributed by atoms with Crippen molar-refractivity contribution in [2.75, 3.05) is 28.6 Å². The van der Waals surface area contributed by atoms with Crippen LogP contribution >= 0.6 is 0 Å². The van der Waals surface area contributed by atoms with Crippen LogP contribution in [0.3, 0.4) is 0 Å². The van der Waals surface area contributed by atoms with E-state index in [4.69, 9.17) is 0 Å². The summed E-state index contributed by atoms with van der Waals surface area (Å²) in [5.41, 5.74) is 5.45. The van der Waals surface area contributed by atoms with Gasteiger partial charge in [0.15, 0.2) is 0 Å². The van der Waals surface area contributed by atoms with Crippen LogP contribution in [0.15, 0.2) is 54.6 Å². The first-order chi connectivity index (χ1) is 13.7. The summed E-state index contributed by atoms with van der Waals surface area (Å²) in [4.78, 5) is 11.6. The van der Waals surface area contributed by atoms with Crippen molar-refractivity contribution in [3.8, 4) is 0 Å². The number of rotatable bonds is 5. The van der Waals surface area contributed by atoms with Crippen LogP contribution in [0.2, 0.25) is 0 Å². The molecule has 3 aromatic rings. The Bertz CT molecular complexity index is 913. The van der Waals surface area contributed by atoms with Crippen molar-refractivity contribution in [1.29, 1.82) is 0 Å². The van der Waals surface area contributed by atoms with Gasteiger partial charge in [0.1, 0.15) is 5.82 Å². The lowest BCUT2D eigenvalue weighted by molar-refractivity contribution is 0.578. The standard InChI is InChI=1S/C23H27N5/c1-17-6-8-20(9-7-17)26-23-24-18(2)16-22(27-23)25-19-10-12-21(13-11-19)28-14-4-3-5-15-28/h6-13,16H,3-5,14-15H2,1-2H3,(H2,24,25,26,27). The van der Waals surface area contributed by atoms with Gasteiger partial charge < -0.3 is 15.5 Å². The maximum absolute atomic E-state index is 4.62. The first kappa shape index (κ1) is 18.3. The number of anilines is 5. The van der Waals surface area contributed by atoms with Gasteiger partial charge in [0, 0.05) is 41.9 Å². The van der Waals surface area contributed by atoms with Gasteiger partial charge in [0.2, 0.25) is 5.95 Å². The quantitative estimate of drug-likeness (QED) is 0.612. The van der Waals surface area contributed by atoms with E-state index < -0.39 is 0 Å². The van der Waals surface area contributed by atoms with E-state index in [1.807, 2.05) is 25.1 Å². The average molecular weight is 374 g/mol. The van der Waals surface area contributed by atoms with Crippen LogP contribution in [0.1, 0.15) is 30.5 Å². The summed E-state index contributed by atoms with van der Waals surface area (Å²) in [6, 6.07) is 18.8. The van der Waals surface area contributed by atoms with Gasteiger partial charge in [-0.05, 0) is 69.5 Å². The number of hydrogen-bond donors (Lipinski definition) is 2. The fraction of sp³-hybridized carbons (Fsp3) is 0.304. The molecule has 5 nitrogen and oxygen atoms in total. The summed E-state index contributed by atoms with van der Waals surface area (Å²) in [7, 11) is 0. The Balaban J connectivity index is 1.46. The van der Waals surface area contributed by atoms with E-state index in [0.717, 1.165) is 36.0 Å². The minimum absolute atomic E-state index is 0.594. The average Bonchev–Trinajstić information content (AvgIpc) is 2.71. The molecule has 144 valence electrons. The van der Waals surface area contributed by atoms with Crippen LogP contribution in [-0.2, 0) is 0 Å². The van der Waals surface area contributed by atoms with Gasteiger partial charge in [0.25, 0.3) is 0 Å². The highest BCUT2D eigenvalue weighted by molar-refractivity contribution is 5.63. The number of hydrogen-bond acceptors (Lipinski definition) is 5. The van der Waals surface area contributed by atoms with E-state index in [-0.39, 0.29) is 0 Å². The molecule has 28 heavy (non-hydrogen) atoms. The second-order valence-electron chi connectivity index (χ2n) is 7.43. The molecule has 2 N–H and O–H groups in total. The van der Waals surface area contributed by atoms with Crippen molar-refractivity contribution in [3.05, 3.63) is 65.9 Å². The largest absolute Gasteiger partial charge is 0.372 e. The van der Waals surface area contributed by atoms with E-state index >= 15 is 0 Å². The molecule has 0 spiro atoms. The Labute approximate surface area is 166 Å². The van der Waals surface area contributed by atoms with Crippen LogP contribution in [0, 0.1) is 13.8 Å². The molecule has 5 heteroatoms. The van der Waals surface area contributed by atoms with E-state index in [0.29, 0.717) is 5.95 Å². The second kappa shape index (κ2) is 8.30. The highest BCUT2D eigenvalue weighted by atomic mass is 15.1. The van der Waals surface area contributed by atoms with Gasteiger partial charge in [0.05, 0.1) is 0 Å². The molecule has 0 bridgehead atoms. The maximum Gasteiger partial charge on any atom is 0.229 e. The maximum atomic E-state index is 4.62. The third-order valence-corrected chi connectivity index (χ3v) is 5.02. The molecule has 0 aliphatic carbocycles.